The quantitative estimate of drug-likeness (QED) is 0.133. The third-order valence-electron chi connectivity index (χ3n) is 12.4. The van der Waals surface area contributed by atoms with Crippen molar-refractivity contribution in [2.24, 2.45) is 0 Å². The summed E-state index contributed by atoms with van der Waals surface area (Å²) in [6, 6.07) is 66.6. The molecule has 58 heavy (non-hydrogen) atoms. The highest BCUT2D eigenvalue weighted by Gasteiger charge is 2.18. The maximum atomic E-state index is 14.4. The highest BCUT2D eigenvalue weighted by atomic mass is 16.1. The van der Waals surface area contributed by atoms with Gasteiger partial charge >= 0.3 is 0 Å². The third-order valence-corrected chi connectivity index (χ3v) is 12.4. The molecule has 12 aromatic carbocycles. The van der Waals surface area contributed by atoms with E-state index in [4.69, 9.17) is 0 Å². The first kappa shape index (κ1) is 32.6. The normalized spacial score (nSPS) is 11.9. The Bertz CT molecular complexity index is 3440. The van der Waals surface area contributed by atoms with E-state index in [0.717, 1.165) is 64.6 Å². The minimum absolute atomic E-state index is 0.0117. The first-order valence-electron chi connectivity index (χ1n) is 19.7. The molecule has 0 heterocycles. The molecule has 0 amide bonds. The van der Waals surface area contributed by atoms with Crippen molar-refractivity contribution in [1.29, 1.82) is 0 Å². The van der Waals surface area contributed by atoms with Gasteiger partial charge in [-0.05, 0) is 121 Å². The minimum atomic E-state index is -0.0117. The fourth-order valence-electron chi connectivity index (χ4n) is 9.67. The molecular formula is C56H32O2. The summed E-state index contributed by atoms with van der Waals surface area (Å²) in [6.07, 6.45) is 0. The first-order valence-corrected chi connectivity index (χ1v) is 19.7. The van der Waals surface area contributed by atoms with Crippen LogP contribution in [-0.4, -0.2) is 11.6 Å². The van der Waals surface area contributed by atoms with Gasteiger partial charge in [0.25, 0.3) is 0 Å². The zero-order valence-electron chi connectivity index (χ0n) is 31.3. The lowest BCUT2D eigenvalue weighted by molar-refractivity contribution is 0.103. The van der Waals surface area contributed by atoms with E-state index >= 15 is 0 Å². The number of fused-ring (bicyclic) bond motifs is 18. The molecule has 0 saturated carbocycles. The molecule has 0 spiro atoms. The number of carbonyl (C=O) groups is 2. The molecule has 0 unspecified atom stereocenters. The second kappa shape index (κ2) is 12.4. The summed E-state index contributed by atoms with van der Waals surface area (Å²) in [7, 11) is 0. The molecule has 2 nitrogen and oxygen atoms in total. The van der Waals surface area contributed by atoms with Gasteiger partial charge in [-0.25, -0.2) is 0 Å². The molecule has 12 aromatic rings. The summed E-state index contributed by atoms with van der Waals surface area (Å²) in [5.41, 5.74) is 2.61. The van der Waals surface area contributed by atoms with Gasteiger partial charge in [0, 0.05) is 22.3 Å². The molecule has 0 fully saturated rings. The molecule has 0 aliphatic heterocycles. The fourth-order valence-corrected chi connectivity index (χ4v) is 9.67. The van der Waals surface area contributed by atoms with Gasteiger partial charge in [0.05, 0.1) is 0 Å². The maximum Gasteiger partial charge on any atom is 0.193 e. The van der Waals surface area contributed by atoms with Crippen LogP contribution in [0.25, 0.3) is 97.0 Å². The van der Waals surface area contributed by atoms with Crippen LogP contribution in [0, 0.1) is 0 Å². The Balaban J connectivity index is 0.974. The number of ketones is 2. The summed E-state index contributed by atoms with van der Waals surface area (Å²) in [5.74, 6) is -0.0235. The molecule has 0 aliphatic rings. The standard InChI is InChI=1S/C56H32O2/c57-55(33-21-25-47-41-15-3-1-11-37(41)39-13-5-7-17-43(39)51(47)29-33)35-23-27-49-50-28-24-36(32-54(50)46-20-10-9-19-45(46)53(49)31-35)56(58)34-22-26-48-42-16-4-2-12-38(42)40-14-6-8-18-44(40)52(48)30-34/h1-32H. The molecule has 0 aliphatic carbocycles. The number of benzene rings is 12. The SMILES string of the molecule is O=C(c1ccc2c3ccccc3c3ccccc3c2c1)c1ccc2c3ccc(C(=O)c4ccc5c6ccccc6c6ccccc6c5c4)cc3c3ccccc3c2c1. The van der Waals surface area contributed by atoms with Crippen LogP contribution >= 0.6 is 0 Å². The average Bonchev–Trinajstić information content (AvgIpc) is 3.30. The zero-order chi connectivity index (χ0) is 38.5. The number of hydrogen-bond donors (Lipinski definition) is 0. The summed E-state index contributed by atoms with van der Waals surface area (Å²) in [5, 5.41) is 20.1. The van der Waals surface area contributed by atoms with E-state index < -0.39 is 0 Å². The van der Waals surface area contributed by atoms with Crippen LogP contribution in [0.3, 0.4) is 0 Å². The van der Waals surface area contributed by atoms with Crippen molar-refractivity contribution >= 4 is 109 Å². The first-order chi connectivity index (χ1) is 28.6. The number of hydrogen-bond acceptors (Lipinski definition) is 2. The number of rotatable bonds is 4. The van der Waals surface area contributed by atoms with Crippen LogP contribution < -0.4 is 0 Å². The lowest BCUT2D eigenvalue weighted by Gasteiger charge is -2.14. The number of carbonyl (C=O) groups excluding carboxylic acids is 2. The minimum Gasteiger partial charge on any atom is -0.289 e. The largest absolute Gasteiger partial charge is 0.289 e. The summed E-state index contributed by atoms with van der Waals surface area (Å²) in [4.78, 5) is 28.7. The van der Waals surface area contributed by atoms with Crippen LogP contribution in [0.1, 0.15) is 31.8 Å². The second-order valence-electron chi connectivity index (χ2n) is 15.4. The molecule has 0 radical (unpaired) electrons. The predicted molar refractivity (Wildman–Crippen MR) is 244 cm³/mol. The van der Waals surface area contributed by atoms with Crippen molar-refractivity contribution in [3.05, 3.63) is 216 Å². The van der Waals surface area contributed by atoms with Crippen molar-refractivity contribution < 1.29 is 9.59 Å². The average molecular weight is 737 g/mol. The Morgan fingerprint density at radius 1 is 0.190 bits per heavy atom. The molecule has 0 atom stereocenters. The van der Waals surface area contributed by atoms with E-state index in [-0.39, 0.29) is 11.6 Å². The Labute approximate surface area is 333 Å². The Morgan fingerprint density at radius 2 is 0.345 bits per heavy atom. The highest BCUT2D eigenvalue weighted by molar-refractivity contribution is 6.30. The molecule has 0 N–H and O–H groups in total. The molecule has 0 saturated heterocycles. The molecule has 2 heteroatoms. The van der Waals surface area contributed by atoms with Crippen molar-refractivity contribution in [3.8, 4) is 0 Å². The second-order valence-corrected chi connectivity index (χ2v) is 15.4. The maximum absolute atomic E-state index is 14.4. The molecule has 0 aromatic heterocycles. The van der Waals surface area contributed by atoms with Gasteiger partial charge in [0.1, 0.15) is 0 Å². The zero-order valence-corrected chi connectivity index (χ0v) is 31.3. The molecule has 0 bridgehead atoms. The Kier molecular flexibility index (Phi) is 6.97. The molecular weight excluding hydrogens is 705 g/mol. The van der Waals surface area contributed by atoms with Gasteiger partial charge in [-0.1, -0.05) is 170 Å². The topological polar surface area (TPSA) is 34.1 Å². The van der Waals surface area contributed by atoms with Crippen molar-refractivity contribution in [1.82, 2.24) is 0 Å². The summed E-state index contributed by atoms with van der Waals surface area (Å²) >= 11 is 0. The lowest BCUT2D eigenvalue weighted by Crippen LogP contribution is -2.02. The Morgan fingerprint density at radius 3 is 0.534 bits per heavy atom. The fraction of sp³-hybridized carbons (Fsp3) is 0. The van der Waals surface area contributed by atoms with Gasteiger partial charge in [-0.2, -0.15) is 0 Å². The van der Waals surface area contributed by atoms with Crippen LogP contribution in [0.15, 0.2) is 194 Å². The summed E-state index contributed by atoms with van der Waals surface area (Å²) in [6.45, 7) is 0. The van der Waals surface area contributed by atoms with Crippen LogP contribution in [0.5, 0.6) is 0 Å². The monoisotopic (exact) mass is 736 g/mol. The van der Waals surface area contributed by atoms with E-state index in [2.05, 4.69) is 146 Å². The summed E-state index contributed by atoms with van der Waals surface area (Å²) < 4.78 is 0. The smallest absolute Gasteiger partial charge is 0.193 e. The van der Waals surface area contributed by atoms with Crippen molar-refractivity contribution in [2.45, 2.75) is 0 Å². The van der Waals surface area contributed by atoms with Gasteiger partial charge in [0.2, 0.25) is 0 Å². The third kappa shape index (κ3) is 4.73. The van der Waals surface area contributed by atoms with E-state index in [1.54, 1.807) is 0 Å². The lowest BCUT2D eigenvalue weighted by atomic mass is 9.89. The van der Waals surface area contributed by atoms with Crippen molar-refractivity contribution in [2.75, 3.05) is 0 Å². The van der Waals surface area contributed by atoms with E-state index in [1.165, 1.54) is 32.3 Å². The molecule has 268 valence electrons. The van der Waals surface area contributed by atoms with E-state index in [9.17, 15) is 9.59 Å². The van der Waals surface area contributed by atoms with Gasteiger partial charge < -0.3 is 0 Å². The van der Waals surface area contributed by atoms with Gasteiger partial charge in [-0.15, -0.1) is 0 Å². The predicted octanol–water partition coefficient (Wildman–Crippen LogP) is 14.5. The van der Waals surface area contributed by atoms with Gasteiger partial charge in [0.15, 0.2) is 11.6 Å². The van der Waals surface area contributed by atoms with Crippen molar-refractivity contribution in [3.63, 3.8) is 0 Å². The van der Waals surface area contributed by atoms with Gasteiger partial charge in [-0.3, -0.25) is 9.59 Å². The highest BCUT2D eigenvalue weighted by Crippen LogP contribution is 2.40. The van der Waals surface area contributed by atoms with E-state index in [0.29, 0.717) is 22.3 Å². The van der Waals surface area contributed by atoms with Crippen LogP contribution in [0.2, 0.25) is 0 Å². The Hall–Kier alpha value is -7.68. The molecule has 12 rings (SSSR count). The van der Waals surface area contributed by atoms with Crippen LogP contribution in [-0.2, 0) is 0 Å². The van der Waals surface area contributed by atoms with Crippen LogP contribution in [0.4, 0.5) is 0 Å². The van der Waals surface area contributed by atoms with E-state index in [1.807, 2.05) is 48.5 Å².